The number of hydrogen-bond acceptors (Lipinski definition) is 4. The number of aryl methyl sites for hydroxylation is 1. The maximum Gasteiger partial charge on any atom is 0.306 e. The van der Waals surface area contributed by atoms with Crippen molar-refractivity contribution in [1.82, 2.24) is 4.31 Å². The van der Waals surface area contributed by atoms with Gasteiger partial charge in [-0.1, -0.05) is 6.07 Å². The Hall–Kier alpha value is -1.93. The number of benzene rings is 1. The molecule has 1 heterocycles. The molecule has 1 saturated heterocycles. The SMILES string of the molecule is CC(=O)Nc1cc(S(=O)(=O)N2CCC(C(=O)O)CC2)ccc1C. The number of amides is 1. The van der Waals surface area contributed by atoms with Crippen LogP contribution in [0.5, 0.6) is 0 Å². The Kier molecular flexibility index (Phi) is 5.06. The summed E-state index contributed by atoms with van der Waals surface area (Å²) in [4.78, 5) is 22.3. The number of carboxylic acid groups (broad SMARTS) is 1. The van der Waals surface area contributed by atoms with Crippen LogP contribution in [-0.4, -0.2) is 42.8 Å². The molecule has 0 radical (unpaired) electrons. The summed E-state index contributed by atoms with van der Waals surface area (Å²) in [6, 6.07) is 4.58. The van der Waals surface area contributed by atoms with Gasteiger partial charge in [0.15, 0.2) is 0 Å². The monoisotopic (exact) mass is 340 g/mol. The van der Waals surface area contributed by atoms with E-state index in [4.69, 9.17) is 5.11 Å². The molecule has 0 bridgehead atoms. The summed E-state index contributed by atoms with van der Waals surface area (Å²) < 4.78 is 26.7. The van der Waals surface area contributed by atoms with E-state index in [1.54, 1.807) is 13.0 Å². The summed E-state index contributed by atoms with van der Waals surface area (Å²) >= 11 is 0. The summed E-state index contributed by atoms with van der Waals surface area (Å²) in [5.74, 6) is -1.65. The molecule has 2 N–H and O–H groups in total. The van der Waals surface area contributed by atoms with Gasteiger partial charge in [0.1, 0.15) is 0 Å². The van der Waals surface area contributed by atoms with E-state index in [1.165, 1.54) is 23.4 Å². The van der Waals surface area contributed by atoms with Crippen LogP contribution in [-0.2, 0) is 19.6 Å². The van der Waals surface area contributed by atoms with Gasteiger partial charge in [-0.15, -0.1) is 0 Å². The van der Waals surface area contributed by atoms with Crippen LogP contribution >= 0.6 is 0 Å². The molecule has 7 nitrogen and oxygen atoms in total. The van der Waals surface area contributed by atoms with Gasteiger partial charge in [-0.3, -0.25) is 9.59 Å². The van der Waals surface area contributed by atoms with E-state index in [-0.39, 0.29) is 23.9 Å². The van der Waals surface area contributed by atoms with Crippen molar-refractivity contribution in [3.8, 4) is 0 Å². The van der Waals surface area contributed by atoms with Crippen molar-refractivity contribution >= 4 is 27.6 Å². The van der Waals surface area contributed by atoms with E-state index in [1.807, 2.05) is 0 Å². The Bertz CT molecular complexity index is 721. The molecule has 2 rings (SSSR count). The molecular formula is C15H20N2O5S. The summed E-state index contributed by atoms with van der Waals surface area (Å²) in [7, 11) is -3.70. The number of nitrogens with one attached hydrogen (secondary N) is 1. The van der Waals surface area contributed by atoms with Crippen LogP contribution in [0.4, 0.5) is 5.69 Å². The van der Waals surface area contributed by atoms with Crippen molar-refractivity contribution in [2.24, 2.45) is 5.92 Å². The van der Waals surface area contributed by atoms with Crippen molar-refractivity contribution in [3.63, 3.8) is 0 Å². The predicted molar refractivity (Wildman–Crippen MR) is 84.6 cm³/mol. The molecule has 1 aliphatic rings. The highest BCUT2D eigenvalue weighted by molar-refractivity contribution is 7.89. The number of carbonyl (C=O) groups is 2. The van der Waals surface area contributed by atoms with Gasteiger partial charge in [-0.05, 0) is 37.5 Å². The van der Waals surface area contributed by atoms with Crippen LogP contribution in [0, 0.1) is 12.8 Å². The number of rotatable bonds is 4. The van der Waals surface area contributed by atoms with Crippen LogP contribution in [0.15, 0.2) is 23.1 Å². The zero-order chi connectivity index (χ0) is 17.2. The minimum Gasteiger partial charge on any atom is -0.481 e. The highest BCUT2D eigenvalue weighted by Gasteiger charge is 2.32. The van der Waals surface area contributed by atoms with Crippen LogP contribution in [0.25, 0.3) is 0 Å². The normalized spacial score (nSPS) is 17.0. The molecule has 0 atom stereocenters. The maximum atomic E-state index is 12.7. The number of carboxylic acids is 1. The number of piperidine rings is 1. The molecule has 1 aromatic carbocycles. The first-order valence-corrected chi connectivity index (χ1v) is 8.77. The third kappa shape index (κ3) is 3.89. The quantitative estimate of drug-likeness (QED) is 0.863. The largest absolute Gasteiger partial charge is 0.481 e. The van der Waals surface area contributed by atoms with Gasteiger partial charge in [0.25, 0.3) is 0 Å². The van der Waals surface area contributed by atoms with Gasteiger partial charge in [0, 0.05) is 25.7 Å². The smallest absolute Gasteiger partial charge is 0.306 e. The fourth-order valence-corrected chi connectivity index (χ4v) is 4.07. The zero-order valence-corrected chi connectivity index (χ0v) is 13.9. The molecule has 0 saturated carbocycles. The second-order valence-electron chi connectivity index (χ2n) is 5.67. The second-order valence-corrected chi connectivity index (χ2v) is 7.61. The summed E-state index contributed by atoms with van der Waals surface area (Å²) in [5, 5.41) is 11.6. The van der Waals surface area contributed by atoms with Gasteiger partial charge in [-0.2, -0.15) is 4.31 Å². The molecule has 0 spiro atoms. The summed E-state index contributed by atoms with van der Waals surface area (Å²) in [6.07, 6.45) is 0.609. The minimum absolute atomic E-state index is 0.0978. The van der Waals surface area contributed by atoms with Crippen molar-refractivity contribution < 1.29 is 23.1 Å². The Morgan fingerprint density at radius 2 is 1.87 bits per heavy atom. The molecule has 1 fully saturated rings. The average molecular weight is 340 g/mol. The van der Waals surface area contributed by atoms with Crippen LogP contribution in [0.2, 0.25) is 0 Å². The molecular weight excluding hydrogens is 320 g/mol. The highest BCUT2D eigenvalue weighted by Crippen LogP contribution is 2.26. The molecule has 23 heavy (non-hydrogen) atoms. The average Bonchev–Trinajstić information content (AvgIpc) is 2.49. The Labute approximate surface area is 135 Å². The van der Waals surface area contributed by atoms with Gasteiger partial charge in [-0.25, -0.2) is 8.42 Å². The van der Waals surface area contributed by atoms with Gasteiger partial charge < -0.3 is 10.4 Å². The first-order chi connectivity index (χ1) is 10.7. The summed E-state index contributed by atoms with van der Waals surface area (Å²) in [5.41, 5.74) is 1.22. The second kappa shape index (κ2) is 6.67. The van der Waals surface area contributed by atoms with E-state index >= 15 is 0 Å². The van der Waals surface area contributed by atoms with Crippen molar-refractivity contribution in [2.75, 3.05) is 18.4 Å². The molecule has 0 unspecified atom stereocenters. The van der Waals surface area contributed by atoms with Crippen molar-refractivity contribution in [1.29, 1.82) is 0 Å². The van der Waals surface area contributed by atoms with Gasteiger partial charge in [0.05, 0.1) is 10.8 Å². The topological polar surface area (TPSA) is 104 Å². The van der Waals surface area contributed by atoms with E-state index < -0.39 is 21.9 Å². The van der Waals surface area contributed by atoms with Crippen LogP contribution in [0.3, 0.4) is 0 Å². The van der Waals surface area contributed by atoms with Crippen LogP contribution in [0.1, 0.15) is 25.3 Å². The lowest BCUT2D eigenvalue weighted by molar-refractivity contribution is -0.142. The zero-order valence-electron chi connectivity index (χ0n) is 13.1. The molecule has 1 amide bonds. The number of hydrogen-bond donors (Lipinski definition) is 2. The lowest BCUT2D eigenvalue weighted by Gasteiger charge is -2.29. The highest BCUT2D eigenvalue weighted by atomic mass is 32.2. The fraction of sp³-hybridized carbons (Fsp3) is 0.467. The number of nitrogens with zero attached hydrogens (tertiary/aromatic N) is 1. The number of anilines is 1. The number of aliphatic carboxylic acids is 1. The third-order valence-electron chi connectivity index (χ3n) is 3.96. The maximum absolute atomic E-state index is 12.7. The first kappa shape index (κ1) is 17.4. The third-order valence-corrected chi connectivity index (χ3v) is 5.86. The molecule has 1 aromatic rings. The van der Waals surface area contributed by atoms with Gasteiger partial charge >= 0.3 is 5.97 Å². The van der Waals surface area contributed by atoms with E-state index in [2.05, 4.69) is 5.32 Å². The summed E-state index contributed by atoms with van der Waals surface area (Å²) in [6.45, 7) is 3.50. The standard InChI is InChI=1S/C15H20N2O5S/c1-10-3-4-13(9-14(10)16-11(2)18)23(21,22)17-7-5-12(6-8-17)15(19)20/h3-4,9,12H,5-8H2,1-2H3,(H,16,18)(H,19,20). The van der Waals surface area contributed by atoms with E-state index in [9.17, 15) is 18.0 Å². The molecule has 0 aliphatic carbocycles. The van der Waals surface area contributed by atoms with Crippen molar-refractivity contribution in [3.05, 3.63) is 23.8 Å². The lowest BCUT2D eigenvalue weighted by Crippen LogP contribution is -2.40. The fourth-order valence-electron chi connectivity index (χ4n) is 2.58. The Morgan fingerprint density at radius 1 is 1.26 bits per heavy atom. The number of sulfonamides is 1. The van der Waals surface area contributed by atoms with E-state index in [0.717, 1.165) is 5.56 Å². The molecule has 8 heteroatoms. The molecule has 126 valence electrons. The van der Waals surface area contributed by atoms with Crippen LogP contribution < -0.4 is 5.32 Å². The van der Waals surface area contributed by atoms with Gasteiger partial charge in [0.2, 0.25) is 15.9 Å². The molecule has 0 aromatic heterocycles. The van der Waals surface area contributed by atoms with E-state index in [0.29, 0.717) is 18.5 Å². The minimum atomic E-state index is -3.70. The lowest BCUT2D eigenvalue weighted by atomic mass is 9.99. The first-order valence-electron chi connectivity index (χ1n) is 7.33. The predicted octanol–water partition coefficient (Wildman–Crippen LogP) is 1.44. The molecule has 1 aliphatic heterocycles. The number of carbonyl (C=O) groups excluding carboxylic acids is 1. The Morgan fingerprint density at radius 3 is 2.39 bits per heavy atom. The Balaban J connectivity index is 2.23. The van der Waals surface area contributed by atoms with Crippen molar-refractivity contribution in [2.45, 2.75) is 31.6 Å².